The van der Waals surface area contributed by atoms with Gasteiger partial charge in [-0.3, -0.25) is 4.79 Å². The van der Waals surface area contributed by atoms with E-state index in [1.807, 2.05) is 68.4 Å². The summed E-state index contributed by atoms with van der Waals surface area (Å²) in [6, 6.07) is 16.2. The first-order valence-corrected chi connectivity index (χ1v) is 11.0. The molecule has 8 nitrogen and oxygen atoms in total. The van der Waals surface area contributed by atoms with E-state index in [-0.39, 0.29) is 31.0 Å². The lowest BCUT2D eigenvalue weighted by Gasteiger charge is -2.31. The summed E-state index contributed by atoms with van der Waals surface area (Å²) in [6.45, 7) is 3.83. The number of carbonyl (C=O) groups is 2. The molecular formula is C25H31N3O5. The second-order valence-corrected chi connectivity index (χ2v) is 8.12. The van der Waals surface area contributed by atoms with Crippen molar-refractivity contribution in [1.29, 1.82) is 0 Å². The molecule has 0 radical (unpaired) electrons. The summed E-state index contributed by atoms with van der Waals surface area (Å²) in [6.07, 6.45) is 2.51. The van der Waals surface area contributed by atoms with E-state index in [1.165, 1.54) is 0 Å². The molecule has 1 heterocycles. The Labute approximate surface area is 194 Å². The van der Waals surface area contributed by atoms with Crippen molar-refractivity contribution in [1.82, 2.24) is 16.0 Å². The number of aliphatic hydroxyl groups is 1. The lowest BCUT2D eigenvalue weighted by atomic mass is 10.0. The number of amides is 3. The lowest BCUT2D eigenvalue weighted by molar-refractivity contribution is -0.125. The quantitative estimate of drug-likeness (QED) is 0.437. The molecule has 4 N–H and O–H groups in total. The Morgan fingerprint density at radius 3 is 2.39 bits per heavy atom. The number of aliphatic hydroxyl groups excluding tert-OH is 1. The minimum atomic E-state index is -0.622. The zero-order valence-electron chi connectivity index (χ0n) is 18.9. The molecule has 0 bridgehead atoms. The molecule has 0 saturated heterocycles. The van der Waals surface area contributed by atoms with Gasteiger partial charge in [-0.05, 0) is 43.7 Å². The first-order chi connectivity index (χ1) is 15.9. The van der Waals surface area contributed by atoms with Gasteiger partial charge in [0.15, 0.2) is 0 Å². The summed E-state index contributed by atoms with van der Waals surface area (Å²) < 4.78 is 11.6. The second-order valence-electron chi connectivity index (χ2n) is 8.12. The molecule has 3 rings (SSSR count). The predicted octanol–water partition coefficient (Wildman–Crippen LogP) is 2.88. The largest absolute Gasteiger partial charge is 0.457 e. The molecule has 0 fully saturated rings. The van der Waals surface area contributed by atoms with Crippen LogP contribution in [0.3, 0.4) is 0 Å². The number of para-hydroxylation sites is 1. The molecule has 1 aliphatic rings. The van der Waals surface area contributed by atoms with E-state index in [2.05, 4.69) is 16.0 Å². The Balaban J connectivity index is 1.44. The Morgan fingerprint density at radius 2 is 1.73 bits per heavy atom. The molecule has 176 valence electrons. The minimum Gasteiger partial charge on any atom is -0.457 e. The fraction of sp³-hybridized carbons (Fsp3) is 0.360. The fourth-order valence-electron chi connectivity index (χ4n) is 3.35. The second kappa shape index (κ2) is 12.0. The van der Waals surface area contributed by atoms with Gasteiger partial charge < -0.3 is 30.5 Å². The third-order valence-electron chi connectivity index (χ3n) is 4.96. The Kier molecular flexibility index (Phi) is 8.86. The summed E-state index contributed by atoms with van der Waals surface area (Å²) in [7, 11) is 0. The third kappa shape index (κ3) is 7.93. The van der Waals surface area contributed by atoms with Crippen LogP contribution in [-0.4, -0.2) is 47.9 Å². The van der Waals surface area contributed by atoms with Crippen molar-refractivity contribution in [2.24, 2.45) is 0 Å². The van der Waals surface area contributed by atoms with Crippen molar-refractivity contribution in [3.8, 4) is 11.5 Å². The van der Waals surface area contributed by atoms with Crippen LogP contribution < -0.4 is 20.7 Å². The molecule has 0 spiro atoms. The molecule has 0 aromatic heterocycles. The lowest BCUT2D eigenvalue weighted by Crippen LogP contribution is -2.52. The number of carbonyl (C=O) groups excluding carboxylic acids is 2. The summed E-state index contributed by atoms with van der Waals surface area (Å²) in [5, 5.41) is 18.0. The van der Waals surface area contributed by atoms with Gasteiger partial charge in [0.1, 0.15) is 17.6 Å². The summed E-state index contributed by atoms with van der Waals surface area (Å²) in [5.74, 6) is 1.31. The van der Waals surface area contributed by atoms with Crippen LogP contribution in [0.25, 0.3) is 0 Å². The van der Waals surface area contributed by atoms with Gasteiger partial charge in [-0.25, -0.2) is 4.79 Å². The van der Waals surface area contributed by atoms with Crippen molar-refractivity contribution in [3.05, 3.63) is 72.3 Å². The van der Waals surface area contributed by atoms with E-state index in [0.29, 0.717) is 6.54 Å². The maximum Gasteiger partial charge on any atom is 0.315 e. The number of benzene rings is 2. The molecule has 0 aliphatic carbocycles. The fourth-order valence-corrected chi connectivity index (χ4v) is 3.35. The zero-order chi connectivity index (χ0) is 23.6. The van der Waals surface area contributed by atoms with Gasteiger partial charge in [0, 0.05) is 12.6 Å². The smallest absolute Gasteiger partial charge is 0.315 e. The van der Waals surface area contributed by atoms with E-state index in [9.17, 15) is 14.7 Å². The molecule has 0 saturated carbocycles. The molecule has 8 heteroatoms. The number of ether oxygens (including phenoxy) is 2. The van der Waals surface area contributed by atoms with Crippen molar-refractivity contribution < 1.29 is 24.2 Å². The number of hydrogen-bond acceptors (Lipinski definition) is 5. The summed E-state index contributed by atoms with van der Waals surface area (Å²) >= 11 is 0. The maximum atomic E-state index is 12.4. The van der Waals surface area contributed by atoms with E-state index in [4.69, 9.17) is 9.47 Å². The van der Waals surface area contributed by atoms with Crippen molar-refractivity contribution in [2.75, 3.05) is 6.61 Å². The minimum absolute atomic E-state index is 0.00454. The number of nitrogens with one attached hydrogen (secondary N) is 3. The van der Waals surface area contributed by atoms with Gasteiger partial charge in [0.2, 0.25) is 5.91 Å². The van der Waals surface area contributed by atoms with Crippen LogP contribution in [-0.2, 0) is 16.1 Å². The molecule has 2 aromatic carbocycles. The molecule has 2 aromatic rings. The average Bonchev–Trinajstić information content (AvgIpc) is 2.80. The van der Waals surface area contributed by atoms with E-state index >= 15 is 0 Å². The van der Waals surface area contributed by atoms with Gasteiger partial charge in [-0.15, -0.1) is 0 Å². The molecule has 3 atom stereocenters. The Bertz CT molecular complexity index is 931. The van der Waals surface area contributed by atoms with Crippen LogP contribution in [0.15, 0.2) is 66.7 Å². The average molecular weight is 454 g/mol. The van der Waals surface area contributed by atoms with Crippen LogP contribution in [0.1, 0.15) is 25.8 Å². The number of hydrogen-bond donors (Lipinski definition) is 4. The van der Waals surface area contributed by atoms with Crippen LogP contribution in [0.5, 0.6) is 11.5 Å². The van der Waals surface area contributed by atoms with Crippen LogP contribution >= 0.6 is 0 Å². The van der Waals surface area contributed by atoms with E-state index in [0.717, 1.165) is 17.1 Å². The highest BCUT2D eigenvalue weighted by Gasteiger charge is 2.29. The SMILES string of the molecule is CC(C)NC(=O)N[C@H]1C=C[C@H](CC(=O)NCc2ccc(Oc3ccccc3)cc2)O[C@H]1CO. The topological polar surface area (TPSA) is 109 Å². The summed E-state index contributed by atoms with van der Waals surface area (Å²) in [5.41, 5.74) is 0.942. The van der Waals surface area contributed by atoms with Crippen molar-refractivity contribution >= 4 is 11.9 Å². The van der Waals surface area contributed by atoms with Gasteiger partial charge in [0.25, 0.3) is 0 Å². The number of urea groups is 1. The van der Waals surface area contributed by atoms with E-state index < -0.39 is 18.2 Å². The molecule has 33 heavy (non-hydrogen) atoms. The summed E-state index contributed by atoms with van der Waals surface area (Å²) in [4.78, 5) is 24.3. The van der Waals surface area contributed by atoms with Gasteiger partial charge in [-0.2, -0.15) is 0 Å². The van der Waals surface area contributed by atoms with Gasteiger partial charge >= 0.3 is 6.03 Å². The highest BCUT2D eigenvalue weighted by molar-refractivity contribution is 5.77. The monoisotopic (exact) mass is 453 g/mol. The molecule has 0 unspecified atom stereocenters. The molecular weight excluding hydrogens is 422 g/mol. The van der Waals surface area contributed by atoms with Gasteiger partial charge in [0.05, 0.1) is 25.2 Å². The zero-order valence-corrected chi connectivity index (χ0v) is 18.9. The van der Waals surface area contributed by atoms with E-state index in [1.54, 1.807) is 12.2 Å². The normalized spacial score (nSPS) is 19.7. The first-order valence-electron chi connectivity index (χ1n) is 11.0. The molecule has 1 aliphatic heterocycles. The maximum absolute atomic E-state index is 12.4. The highest BCUT2D eigenvalue weighted by Crippen LogP contribution is 2.21. The standard InChI is InChI=1S/C25H31N3O5/c1-17(2)27-25(31)28-22-13-12-21(33-23(22)16-29)14-24(30)26-15-18-8-10-20(11-9-18)32-19-6-4-3-5-7-19/h3-13,17,21-23,29H,14-16H2,1-2H3,(H,26,30)(H2,27,28,31)/t21-,22+,23+/m1/s1. The Hall–Kier alpha value is -3.36. The molecule has 3 amide bonds. The van der Waals surface area contributed by atoms with Crippen molar-refractivity contribution in [2.45, 2.75) is 51.1 Å². The Morgan fingerprint density at radius 1 is 1.03 bits per heavy atom. The van der Waals surface area contributed by atoms with Crippen LogP contribution in [0.2, 0.25) is 0 Å². The van der Waals surface area contributed by atoms with Crippen LogP contribution in [0.4, 0.5) is 4.79 Å². The van der Waals surface area contributed by atoms with Gasteiger partial charge in [-0.1, -0.05) is 42.5 Å². The van der Waals surface area contributed by atoms with Crippen LogP contribution in [0, 0.1) is 0 Å². The highest BCUT2D eigenvalue weighted by atomic mass is 16.5. The first kappa shape index (κ1) is 24.3. The van der Waals surface area contributed by atoms with Crippen molar-refractivity contribution in [3.63, 3.8) is 0 Å². The third-order valence-corrected chi connectivity index (χ3v) is 4.96. The number of rotatable bonds is 9. The predicted molar refractivity (Wildman–Crippen MR) is 125 cm³/mol.